The van der Waals surface area contributed by atoms with E-state index in [2.05, 4.69) is 31.8 Å². The summed E-state index contributed by atoms with van der Waals surface area (Å²) < 4.78 is 3.27. The van der Waals surface area contributed by atoms with Crippen LogP contribution >= 0.6 is 0 Å². The fourth-order valence-corrected chi connectivity index (χ4v) is 3.05. The predicted molar refractivity (Wildman–Crippen MR) is 101 cm³/mol. The molecule has 26 heavy (non-hydrogen) atoms. The molecule has 0 amide bonds. The van der Waals surface area contributed by atoms with Gasteiger partial charge >= 0.3 is 5.69 Å². The summed E-state index contributed by atoms with van der Waals surface area (Å²) >= 11 is 0. The second-order valence-corrected chi connectivity index (χ2v) is 7.68. The topological polar surface area (TPSA) is 83.8 Å². The Morgan fingerprint density at radius 3 is 2.58 bits per heavy atom. The van der Waals surface area contributed by atoms with Crippen molar-refractivity contribution in [3.8, 4) is 17.3 Å². The first kappa shape index (κ1) is 17.9. The summed E-state index contributed by atoms with van der Waals surface area (Å²) in [6.07, 6.45) is 0. The number of hydrogen-bond acceptors (Lipinski definition) is 4. The first-order chi connectivity index (χ1) is 12.2. The maximum atomic E-state index is 12.6. The van der Waals surface area contributed by atoms with Gasteiger partial charge in [-0.2, -0.15) is 5.26 Å². The first-order valence-corrected chi connectivity index (χ1v) is 8.45. The number of benzene rings is 1. The molecule has 1 N–H and O–H groups in total. The Morgan fingerprint density at radius 2 is 1.96 bits per heavy atom. The van der Waals surface area contributed by atoms with Crippen molar-refractivity contribution >= 4 is 11.2 Å². The fraction of sp³-hybridized carbons (Fsp3) is 0.350. The number of nitrogens with zero attached hydrogens (tertiary/aromatic N) is 4. The van der Waals surface area contributed by atoms with E-state index in [0.29, 0.717) is 34.6 Å². The van der Waals surface area contributed by atoms with Crippen LogP contribution in [0.3, 0.4) is 0 Å². The number of rotatable bonds is 3. The number of aryl methyl sites for hydroxylation is 1. The molecule has 0 aliphatic heterocycles. The van der Waals surface area contributed by atoms with Crippen LogP contribution in [-0.2, 0) is 20.2 Å². The molecule has 0 saturated heterocycles. The standard InChI is InChI=1S/C20H22N4O2/c1-20(2,3)12-24-17-8-7-16(22-18(17)23(4)19(24)26)15-9-13(11-25)5-6-14(15)10-21/h5-9,25H,11-12H2,1-4H3. The molecule has 2 heterocycles. The van der Waals surface area contributed by atoms with Crippen LogP contribution in [0.15, 0.2) is 35.1 Å². The largest absolute Gasteiger partial charge is 0.392 e. The highest BCUT2D eigenvalue weighted by Crippen LogP contribution is 2.26. The second kappa shape index (κ2) is 6.43. The molecule has 134 valence electrons. The van der Waals surface area contributed by atoms with Crippen LogP contribution in [0.1, 0.15) is 31.9 Å². The highest BCUT2D eigenvalue weighted by Gasteiger charge is 2.19. The van der Waals surface area contributed by atoms with Crippen molar-refractivity contribution in [1.82, 2.24) is 14.1 Å². The second-order valence-electron chi connectivity index (χ2n) is 7.68. The number of imidazole rings is 1. The quantitative estimate of drug-likeness (QED) is 0.787. The molecule has 3 aromatic rings. The summed E-state index contributed by atoms with van der Waals surface area (Å²) in [6, 6.07) is 11.0. The smallest absolute Gasteiger partial charge is 0.330 e. The number of aliphatic hydroxyl groups excluding tert-OH is 1. The molecule has 1 aromatic carbocycles. The maximum absolute atomic E-state index is 12.6. The van der Waals surface area contributed by atoms with Crippen molar-refractivity contribution in [2.75, 3.05) is 0 Å². The van der Waals surface area contributed by atoms with Gasteiger partial charge in [0.15, 0.2) is 5.65 Å². The van der Waals surface area contributed by atoms with Gasteiger partial charge in [0.25, 0.3) is 0 Å². The normalized spacial score (nSPS) is 11.7. The SMILES string of the molecule is Cn1c(=O)n(CC(C)(C)C)c2ccc(-c3cc(CO)ccc3C#N)nc21. The zero-order valence-corrected chi connectivity index (χ0v) is 15.4. The molecule has 0 saturated carbocycles. The van der Waals surface area contributed by atoms with Crippen LogP contribution in [0.5, 0.6) is 0 Å². The lowest BCUT2D eigenvalue weighted by Crippen LogP contribution is -2.27. The van der Waals surface area contributed by atoms with E-state index >= 15 is 0 Å². The Balaban J connectivity index is 2.22. The van der Waals surface area contributed by atoms with Gasteiger partial charge < -0.3 is 5.11 Å². The molecule has 0 bridgehead atoms. The first-order valence-electron chi connectivity index (χ1n) is 8.45. The van der Waals surface area contributed by atoms with Crippen molar-refractivity contribution in [2.45, 2.75) is 33.9 Å². The van der Waals surface area contributed by atoms with E-state index in [4.69, 9.17) is 0 Å². The molecule has 0 radical (unpaired) electrons. The van der Waals surface area contributed by atoms with Crippen LogP contribution in [0.2, 0.25) is 0 Å². The van der Waals surface area contributed by atoms with Gasteiger partial charge in [-0.1, -0.05) is 26.8 Å². The molecular weight excluding hydrogens is 328 g/mol. The summed E-state index contributed by atoms with van der Waals surface area (Å²) in [5.74, 6) is 0. The van der Waals surface area contributed by atoms with Gasteiger partial charge in [-0.3, -0.25) is 9.13 Å². The highest BCUT2D eigenvalue weighted by molar-refractivity contribution is 5.78. The van der Waals surface area contributed by atoms with Crippen molar-refractivity contribution in [3.63, 3.8) is 0 Å². The lowest BCUT2D eigenvalue weighted by molar-refractivity contribution is 0.282. The minimum absolute atomic E-state index is 0.0415. The third-order valence-electron chi connectivity index (χ3n) is 4.28. The summed E-state index contributed by atoms with van der Waals surface area (Å²) in [7, 11) is 1.70. The van der Waals surface area contributed by atoms with Gasteiger partial charge in [-0.15, -0.1) is 0 Å². The molecule has 0 aliphatic carbocycles. The molecule has 0 fully saturated rings. The van der Waals surface area contributed by atoms with Crippen LogP contribution in [0.25, 0.3) is 22.4 Å². The van der Waals surface area contributed by atoms with Crippen LogP contribution in [0.4, 0.5) is 0 Å². The molecule has 2 aromatic heterocycles. The Labute approximate surface area is 152 Å². The summed E-state index contributed by atoms with van der Waals surface area (Å²) in [5, 5.41) is 18.8. The Bertz CT molecular complexity index is 1080. The van der Waals surface area contributed by atoms with Crippen molar-refractivity contribution < 1.29 is 5.11 Å². The van der Waals surface area contributed by atoms with Crippen LogP contribution in [-0.4, -0.2) is 19.2 Å². The van der Waals surface area contributed by atoms with Crippen molar-refractivity contribution in [3.05, 3.63) is 51.9 Å². The fourth-order valence-electron chi connectivity index (χ4n) is 3.05. The molecule has 3 rings (SSSR count). The van der Waals surface area contributed by atoms with Gasteiger partial charge in [0.1, 0.15) is 0 Å². The number of aliphatic hydroxyl groups is 1. The molecule has 0 unspecified atom stereocenters. The van der Waals surface area contributed by atoms with E-state index in [1.807, 2.05) is 12.1 Å². The summed E-state index contributed by atoms with van der Waals surface area (Å²) in [4.78, 5) is 17.3. The van der Waals surface area contributed by atoms with Crippen LogP contribution in [0, 0.1) is 16.7 Å². The predicted octanol–water partition coefficient (Wildman–Crippen LogP) is 2.81. The van der Waals surface area contributed by atoms with E-state index in [-0.39, 0.29) is 17.7 Å². The number of fused-ring (bicyclic) bond motifs is 1. The molecule has 0 atom stereocenters. The third kappa shape index (κ3) is 3.14. The Morgan fingerprint density at radius 1 is 1.23 bits per heavy atom. The third-order valence-corrected chi connectivity index (χ3v) is 4.28. The van der Waals surface area contributed by atoms with E-state index in [9.17, 15) is 15.2 Å². The van der Waals surface area contributed by atoms with E-state index in [0.717, 1.165) is 5.52 Å². The molecular formula is C20H22N4O2. The highest BCUT2D eigenvalue weighted by atomic mass is 16.3. The zero-order valence-electron chi connectivity index (χ0n) is 15.4. The van der Waals surface area contributed by atoms with Crippen LogP contribution < -0.4 is 5.69 Å². The van der Waals surface area contributed by atoms with E-state index in [1.165, 1.54) is 4.57 Å². The lowest BCUT2D eigenvalue weighted by Gasteiger charge is -2.18. The minimum Gasteiger partial charge on any atom is -0.392 e. The monoisotopic (exact) mass is 350 g/mol. The maximum Gasteiger partial charge on any atom is 0.330 e. The number of hydrogen-bond donors (Lipinski definition) is 1. The van der Waals surface area contributed by atoms with Gasteiger partial charge in [0.2, 0.25) is 0 Å². The zero-order chi connectivity index (χ0) is 19.1. The number of aromatic nitrogens is 3. The van der Waals surface area contributed by atoms with E-state index in [1.54, 1.807) is 29.8 Å². The molecule has 6 heteroatoms. The number of nitriles is 1. The summed E-state index contributed by atoms with van der Waals surface area (Å²) in [6.45, 7) is 6.73. The Hall–Kier alpha value is -2.91. The average Bonchev–Trinajstić information content (AvgIpc) is 2.84. The van der Waals surface area contributed by atoms with Gasteiger partial charge in [0, 0.05) is 19.2 Å². The molecule has 6 nitrogen and oxygen atoms in total. The van der Waals surface area contributed by atoms with Crippen molar-refractivity contribution in [1.29, 1.82) is 5.26 Å². The number of pyridine rings is 1. The summed E-state index contributed by atoms with van der Waals surface area (Å²) in [5.41, 5.74) is 3.64. The van der Waals surface area contributed by atoms with Gasteiger partial charge in [-0.05, 0) is 35.2 Å². The van der Waals surface area contributed by atoms with Gasteiger partial charge in [-0.25, -0.2) is 9.78 Å². The van der Waals surface area contributed by atoms with Crippen molar-refractivity contribution in [2.24, 2.45) is 12.5 Å². The Kier molecular flexibility index (Phi) is 4.43. The molecule has 0 spiro atoms. The van der Waals surface area contributed by atoms with E-state index < -0.39 is 0 Å². The minimum atomic E-state index is -0.110. The average molecular weight is 350 g/mol. The van der Waals surface area contributed by atoms with Gasteiger partial charge in [0.05, 0.1) is 29.5 Å². The molecule has 0 aliphatic rings. The lowest BCUT2D eigenvalue weighted by atomic mass is 9.97.